The van der Waals surface area contributed by atoms with E-state index in [9.17, 15) is 8.78 Å². The summed E-state index contributed by atoms with van der Waals surface area (Å²) >= 11 is 0. The van der Waals surface area contributed by atoms with E-state index in [0.717, 1.165) is 5.56 Å². The maximum atomic E-state index is 11.6. The quantitative estimate of drug-likeness (QED) is 0.642. The third-order valence-electron chi connectivity index (χ3n) is 1.25. The number of alkyl halides is 2. The van der Waals surface area contributed by atoms with E-state index in [2.05, 4.69) is 4.74 Å². The molecule has 0 atom stereocenters. The summed E-state index contributed by atoms with van der Waals surface area (Å²) in [6.45, 7) is -0.857. The van der Waals surface area contributed by atoms with Gasteiger partial charge in [-0.25, -0.2) is 0 Å². The van der Waals surface area contributed by atoms with E-state index in [4.69, 9.17) is 0 Å². The van der Waals surface area contributed by atoms with Crippen LogP contribution in [0.2, 0.25) is 0 Å². The van der Waals surface area contributed by atoms with Crippen LogP contribution in [0.3, 0.4) is 0 Å². The average Bonchev–Trinajstić information content (AvgIpc) is 1.93. The molecular formula is C8H8F2O. The van der Waals surface area contributed by atoms with Crippen LogP contribution in [0.1, 0.15) is 5.56 Å². The number of hydrogen-bond acceptors (Lipinski definition) is 1. The van der Waals surface area contributed by atoms with Crippen LogP contribution in [0, 0.1) is 6.92 Å². The van der Waals surface area contributed by atoms with Crippen LogP contribution in [0.25, 0.3) is 0 Å². The van der Waals surface area contributed by atoms with Crippen molar-refractivity contribution in [2.45, 2.75) is 13.5 Å². The second-order valence-electron chi connectivity index (χ2n) is 2.19. The Morgan fingerprint density at radius 3 is 2.18 bits per heavy atom. The predicted molar refractivity (Wildman–Crippen MR) is 37.8 cm³/mol. The monoisotopic (exact) mass is 158 g/mol. The van der Waals surface area contributed by atoms with Gasteiger partial charge in [0.2, 0.25) is 0 Å². The number of aryl methyl sites for hydroxylation is 1. The number of benzene rings is 1. The highest BCUT2D eigenvalue weighted by Crippen LogP contribution is 2.13. The van der Waals surface area contributed by atoms with Gasteiger partial charge in [-0.15, -0.1) is 0 Å². The zero-order chi connectivity index (χ0) is 8.27. The van der Waals surface area contributed by atoms with Crippen molar-refractivity contribution in [2.24, 2.45) is 0 Å². The van der Waals surface area contributed by atoms with Crippen molar-refractivity contribution in [1.82, 2.24) is 0 Å². The Labute approximate surface area is 63.6 Å². The number of halogens is 2. The average molecular weight is 158 g/mol. The highest BCUT2D eigenvalue weighted by Gasteiger charge is 2.01. The first-order chi connectivity index (χ1) is 5.18. The van der Waals surface area contributed by atoms with E-state index >= 15 is 0 Å². The van der Waals surface area contributed by atoms with E-state index in [1.807, 2.05) is 6.92 Å². The fourth-order valence-corrected chi connectivity index (χ4v) is 0.720. The van der Waals surface area contributed by atoms with Crippen LogP contribution in [-0.2, 0) is 0 Å². The summed E-state index contributed by atoms with van der Waals surface area (Å²) in [5.74, 6) is 0.200. The van der Waals surface area contributed by atoms with E-state index in [1.54, 1.807) is 12.1 Å². The van der Waals surface area contributed by atoms with Crippen LogP contribution in [0.15, 0.2) is 24.3 Å². The zero-order valence-corrected chi connectivity index (χ0v) is 6.05. The van der Waals surface area contributed by atoms with Gasteiger partial charge in [0.15, 0.2) is 0 Å². The lowest BCUT2D eigenvalue weighted by molar-refractivity contribution is -0.0498. The second kappa shape index (κ2) is 3.32. The first-order valence-corrected chi connectivity index (χ1v) is 3.20. The maximum absolute atomic E-state index is 11.6. The minimum absolute atomic E-state index is 0.200. The molecule has 1 rings (SSSR count). The molecule has 1 nitrogen and oxygen atoms in total. The molecule has 3 heteroatoms. The Bertz CT molecular complexity index is 218. The molecule has 0 aliphatic heterocycles. The van der Waals surface area contributed by atoms with Crippen molar-refractivity contribution in [3.63, 3.8) is 0 Å². The van der Waals surface area contributed by atoms with Gasteiger partial charge in [-0.1, -0.05) is 17.7 Å². The highest BCUT2D eigenvalue weighted by molar-refractivity contribution is 5.26. The Morgan fingerprint density at radius 1 is 1.18 bits per heavy atom. The molecule has 0 bridgehead atoms. The summed E-state index contributed by atoms with van der Waals surface area (Å²) in [7, 11) is 0. The molecule has 0 heterocycles. The predicted octanol–water partition coefficient (Wildman–Crippen LogP) is 2.60. The van der Waals surface area contributed by atoms with Gasteiger partial charge in [0, 0.05) is 0 Å². The fraction of sp³-hybridized carbons (Fsp3) is 0.250. The Hall–Kier alpha value is -1.12. The van der Waals surface area contributed by atoms with Gasteiger partial charge in [-0.05, 0) is 19.1 Å². The lowest BCUT2D eigenvalue weighted by Gasteiger charge is -2.02. The molecule has 0 aromatic heterocycles. The molecule has 1 aromatic carbocycles. The van der Waals surface area contributed by atoms with Crippen molar-refractivity contribution in [1.29, 1.82) is 0 Å². The number of ether oxygens (including phenoxy) is 1. The zero-order valence-electron chi connectivity index (χ0n) is 6.05. The molecular weight excluding hydrogens is 150 g/mol. The Kier molecular flexibility index (Phi) is 2.41. The van der Waals surface area contributed by atoms with Crippen LogP contribution >= 0.6 is 0 Å². The van der Waals surface area contributed by atoms with Crippen molar-refractivity contribution in [3.05, 3.63) is 29.8 Å². The van der Waals surface area contributed by atoms with E-state index < -0.39 is 6.61 Å². The standard InChI is InChI=1S/C8H8F2O/c1-6-2-4-7(5-3-6)11-8(9)10/h2-5,8H,1H3. The summed E-state index contributed by atoms with van der Waals surface area (Å²) in [6.07, 6.45) is 0. The topological polar surface area (TPSA) is 9.23 Å². The second-order valence-corrected chi connectivity index (χ2v) is 2.19. The summed E-state index contributed by atoms with van der Waals surface area (Å²) < 4.78 is 27.3. The molecule has 11 heavy (non-hydrogen) atoms. The Balaban J connectivity index is 2.66. The molecule has 0 amide bonds. The first-order valence-electron chi connectivity index (χ1n) is 3.20. The minimum Gasteiger partial charge on any atom is -0.435 e. The normalized spacial score (nSPS) is 10.2. The lowest BCUT2D eigenvalue weighted by Crippen LogP contribution is -2.01. The van der Waals surface area contributed by atoms with Crippen molar-refractivity contribution >= 4 is 0 Å². The SMILES string of the molecule is Cc1ccc(OC(F)F)cc1. The number of hydrogen-bond donors (Lipinski definition) is 0. The van der Waals surface area contributed by atoms with Gasteiger partial charge in [-0.2, -0.15) is 8.78 Å². The molecule has 0 radical (unpaired) electrons. The smallest absolute Gasteiger partial charge is 0.387 e. The van der Waals surface area contributed by atoms with Gasteiger partial charge in [0.05, 0.1) is 0 Å². The molecule has 0 saturated heterocycles. The van der Waals surface area contributed by atoms with E-state index in [-0.39, 0.29) is 5.75 Å². The molecule has 0 N–H and O–H groups in total. The summed E-state index contributed by atoms with van der Waals surface area (Å²) in [6, 6.07) is 6.47. The van der Waals surface area contributed by atoms with Crippen molar-refractivity contribution in [2.75, 3.05) is 0 Å². The van der Waals surface area contributed by atoms with E-state index in [0.29, 0.717) is 0 Å². The van der Waals surface area contributed by atoms with Crippen LogP contribution in [0.4, 0.5) is 8.78 Å². The first kappa shape index (κ1) is 7.98. The largest absolute Gasteiger partial charge is 0.435 e. The molecule has 0 aliphatic carbocycles. The van der Waals surface area contributed by atoms with Gasteiger partial charge >= 0.3 is 6.61 Å². The summed E-state index contributed by atoms with van der Waals surface area (Å²) in [5, 5.41) is 0. The fourth-order valence-electron chi connectivity index (χ4n) is 0.720. The summed E-state index contributed by atoms with van der Waals surface area (Å²) in [4.78, 5) is 0. The van der Waals surface area contributed by atoms with Gasteiger partial charge in [0.25, 0.3) is 0 Å². The summed E-state index contributed by atoms with van der Waals surface area (Å²) in [5.41, 5.74) is 1.02. The lowest BCUT2D eigenvalue weighted by atomic mass is 10.2. The molecule has 0 aliphatic rings. The molecule has 0 unspecified atom stereocenters. The van der Waals surface area contributed by atoms with Crippen molar-refractivity contribution in [3.8, 4) is 5.75 Å². The Morgan fingerprint density at radius 2 is 1.73 bits per heavy atom. The van der Waals surface area contributed by atoms with Gasteiger partial charge in [0.1, 0.15) is 5.75 Å². The third kappa shape index (κ3) is 2.53. The van der Waals surface area contributed by atoms with Gasteiger partial charge < -0.3 is 4.74 Å². The molecule has 1 aromatic rings. The third-order valence-corrected chi connectivity index (χ3v) is 1.25. The van der Waals surface area contributed by atoms with Crippen LogP contribution < -0.4 is 4.74 Å². The highest BCUT2D eigenvalue weighted by atomic mass is 19.3. The molecule has 0 fully saturated rings. The van der Waals surface area contributed by atoms with E-state index in [1.165, 1.54) is 12.1 Å². The maximum Gasteiger partial charge on any atom is 0.387 e. The van der Waals surface area contributed by atoms with Crippen molar-refractivity contribution < 1.29 is 13.5 Å². The minimum atomic E-state index is -2.74. The van der Waals surface area contributed by atoms with Gasteiger partial charge in [-0.3, -0.25) is 0 Å². The molecule has 60 valence electrons. The van der Waals surface area contributed by atoms with Crippen LogP contribution in [0.5, 0.6) is 5.75 Å². The number of rotatable bonds is 2. The molecule has 0 saturated carbocycles. The van der Waals surface area contributed by atoms with Crippen LogP contribution in [-0.4, -0.2) is 6.61 Å². The molecule has 0 spiro atoms.